The molecule has 1 unspecified atom stereocenters. The Morgan fingerprint density at radius 3 is 2.82 bits per heavy atom. The van der Waals surface area contributed by atoms with Gasteiger partial charge in [-0.15, -0.1) is 0 Å². The molecular weight excluding hydrogens is 210 g/mol. The molecule has 0 saturated heterocycles. The smallest absolute Gasteiger partial charge is 0.0431 e. The Balaban J connectivity index is 1.71. The molecule has 17 heavy (non-hydrogen) atoms. The number of hydrogen-bond acceptors (Lipinski definition) is 2. The van der Waals surface area contributed by atoms with E-state index in [-0.39, 0.29) is 0 Å². The molecule has 0 fully saturated rings. The lowest BCUT2D eigenvalue weighted by Crippen LogP contribution is -2.25. The first kappa shape index (κ1) is 12.4. The lowest BCUT2D eigenvalue weighted by molar-refractivity contribution is 0.282. The van der Waals surface area contributed by atoms with Crippen molar-refractivity contribution in [3.8, 4) is 0 Å². The van der Waals surface area contributed by atoms with Crippen LogP contribution in [-0.4, -0.2) is 17.8 Å². The van der Waals surface area contributed by atoms with Crippen LogP contribution in [0.5, 0.6) is 0 Å². The van der Waals surface area contributed by atoms with Crippen molar-refractivity contribution in [2.45, 2.75) is 51.0 Å². The maximum absolute atomic E-state index is 8.71. The maximum Gasteiger partial charge on any atom is 0.0431 e. The molecule has 1 aromatic carbocycles. The summed E-state index contributed by atoms with van der Waals surface area (Å²) in [6.45, 7) is 0.342. The first-order chi connectivity index (χ1) is 8.40. The highest BCUT2D eigenvalue weighted by atomic mass is 16.2. The molecule has 1 heterocycles. The fourth-order valence-corrected chi connectivity index (χ4v) is 2.57. The van der Waals surface area contributed by atoms with Gasteiger partial charge in [-0.1, -0.05) is 37.5 Å². The van der Waals surface area contributed by atoms with E-state index in [1.54, 1.807) is 0 Å². The molecule has 0 aliphatic carbocycles. The van der Waals surface area contributed by atoms with E-state index in [9.17, 15) is 0 Å². The Morgan fingerprint density at radius 1 is 1.12 bits per heavy atom. The van der Waals surface area contributed by atoms with E-state index in [2.05, 4.69) is 29.6 Å². The summed E-state index contributed by atoms with van der Waals surface area (Å²) in [7, 11) is 0. The van der Waals surface area contributed by atoms with Gasteiger partial charge in [-0.3, -0.25) is 0 Å². The minimum absolute atomic E-state index is 0.342. The van der Waals surface area contributed by atoms with Crippen LogP contribution in [0.1, 0.15) is 44.1 Å². The van der Waals surface area contributed by atoms with Crippen LogP contribution in [-0.2, 0) is 6.42 Å². The fraction of sp³-hybridized carbons (Fsp3) is 0.600. The number of aliphatic hydroxyl groups excluding tert-OH is 1. The monoisotopic (exact) mass is 233 g/mol. The highest BCUT2D eigenvalue weighted by Crippen LogP contribution is 2.26. The van der Waals surface area contributed by atoms with Gasteiger partial charge in [-0.2, -0.15) is 0 Å². The maximum atomic E-state index is 8.71. The van der Waals surface area contributed by atoms with E-state index >= 15 is 0 Å². The van der Waals surface area contributed by atoms with E-state index in [1.165, 1.54) is 49.8 Å². The second-order valence-electron chi connectivity index (χ2n) is 4.96. The largest absolute Gasteiger partial charge is 0.396 e. The summed E-state index contributed by atoms with van der Waals surface area (Å²) < 4.78 is 0. The number of benzene rings is 1. The number of nitrogens with one attached hydrogen (secondary N) is 1. The lowest BCUT2D eigenvalue weighted by Gasteiger charge is -2.27. The van der Waals surface area contributed by atoms with Gasteiger partial charge in [-0.25, -0.2) is 0 Å². The zero-order chi connectivity index (χ0) is 11.9. The number of fused-ring (bicyclic) bond motifs is 1. The van der Waals surface area contributed by atoms with E-state index in [1.807, 2.05) is 0 Å². The van der Waals surface area contributed by atoms with Gasteiger partial charge in [0.2, 0.25) is 0 Å². The van der Waals surface area contributed by atoms with Crippen molar-refractivity contribution in [1.29, 1.82) is 0 Å². The molecular formula is C15H23NO. The summed E-state index contributed by atoms with van der Waals surface area (Å²) in [4.78, 5) is 0. The normalized spacial score (nSPS) is 18.5. The Labute approximate surface area is 104 Å². The van der Waals surface area contributed by atoms with Crippen molar-refractivity contribution in [2.75, 3.05) is 11.9 Å². The second-order valence-corrected chi connectivity index (χ2v) is 4.96. The van der Waals surface area contributed by atoms with E-state index in [0.717, 1.165) is 6.42 Å². The van der Waals surface area contributed by atoms with Crippen molar-refractivity contribution >= 4 is 5.69 Å². The van der Waals surface area contributed by atoms with Crippen molar-refractivity contribution in [3.05, 3.63) is 29.8 Å². The van der Waals surface area contributed by atoms with Crippen molar-refractivity contribution in [2.24, 2.45) is 0 Å². The number of aliphatic hydroxyl groups is 1. The standard InChI is InChI=1S/C15H23NO/c17-12-6-2-1-3-8-14-11-10-13-7-4-5-9-15(13)16-14/h4-5,7,9,14,16-17H,1-3,6,8,10-12H2. The van der Waals surface area contributed by atoms with Crippen LogP contribution in [0.25, 0.3) is 0 Å². The van der Waals surface area contributed by atoms with Gasteiger partial charge in [0.05, 0.1) is 0 Å². The average molecular weight is 233 g/mol. The SMILES string of the molecule is OCCCCCCC1CCc2ccccc2N1. The van der Waals surface area contributed by atoms with E-state index in [4.69, 9.17) is 5.11 Å². The molecule has 1 atom stereocenters. The quantitative estimate of drug-likeness (QED) is 0.738. The fourth-order valence-electron chi connectivity index (χ4n) is 2.57. The van der Waals surface area contributed by atoms with Crippen molar-refractivity contribution in [1.82, 2.24) is 0 Å². The number of hydrogen-bond donors (Lipinski definition) is 2. The van der Waals surface area contributed by atoms with Crippen molar-refractivity contribution in [3.63, 3.8) is 0 Å². The number of aryl methyl sites for hydroxylation is 1. The van der Waals surface area contributed by atoms with Crippen LogP contribution in [0.15, 0.2) is 24.3 Å². The lowest BCUT2D eigenvalue weighted by atomic mass is 9.94. The number of rotatable bonds is 6. The highest BCUT2D eigenvalue weighted by molar-refractivity contribution is 5.53. The third-order valence-corrected chi connectivity index (χ3v) is 3.60. The minimum Gasteiger partial charge on any atom is -0.396 e. The molecule has 2 nitrogen and oxygen atoms in total. The molecule has 1 aliphatic heterocycles. The number of para-hydroxylation sites is 1. The molecule has 0 aromatic heterocycles. The second kappa shape index (κ2) is 6.65. The van der Waals surface area contributed by atoms with Gasteiger partial charge in [0.15, 0.2) is 0 Å². The molecule has 0 radical (unpaired) electrons. The highest BCUT2D eigenvalue weighted by Gasteiger charge is 2.16. The third kappa shape index (κ3) is 3.74. The summed E-state index contributed by atoms with van der Waals surface area (Å²) in [6, 6.07) is 9.29. The average Bonchev–Trinajstić information content (AvgIpc) is 2.38. The Morgan fingerprint density at radius 2 is 1.94 bits per heavy atom. The van der Waals surface area contributed by atoms with Crippen molar-refractivity contribution < 1.29 is 5.11 Å². The number of anilines is 1. The first-order valence-electron chi connectivity index (χ1n) is 6.85. The predicted molar refractivity (Wildman–Crippen MR) is 72.3 cm³/mol. The summed E-state index contributed by atoms with van der Waals surface area (Å²) >= 11 is 0. The topological polar surface area (TPSA) is 32.3 Å². The van der Waals surface area contributed by atoms with Crippen LogP contribution in [0.3, 0.4) is 0 Å². The molecule has 0 amide bonds. The van der Waals surface area contributed by atoms with Crippen LogP contribution >= 0.6 is 0 Å². The molecule has 1 aromatic rings. The Kier molecular flexibility index (Phi) is 4.87. The zero-order valence-corrected chi connectivity index (χ0v) is 10.5. The molecule has 94 valence electrons. The summed E-state index contributed by atoms with van der Waals surface area (Å²) in [5.74, 6) is 0. The Bertz CT molecular complexity index is 337. The molecule has 2 N–H and O–H groups in total. The predicted octanol–water partition coefficient (Wildman–Crippen LogP) is 3.36. The van der Waals surface area contributed by atoms with Gasteiger partial charge in [0.25, 0.3) is 0 Å². The third-order valence-electron chi connectivity index (χ3n) is 3.60. The van der Waals surface area contributed by atoms with E-state index < -0.39 is 0 Å². The summed E-state index contributed by atoms with van der Waals surface area (Å²) in [5, 5.41) is 12.3. The van der Waals surface area contributed by atoms with Gasteiger partial charge in [-0.05, 0) is 37.3 Å². The summed E-state index contributed by atoms with van der Waals surface area (Å²) in [5.41, 5.74) is 2.79. The van der Waals surface area contributed by atoms with Gasteiger partial charge in [0.1, 0.15) is 0 Å². The Hall–Kier alpha value is -1.02. The van der Waals surface area contributed by atoms with Crippen LogP contribution in [0, 0.1) is 0 Å². The van der Waals surface area contributed by atoms with E-state index in [0.29, 0.717) is 12.6 Å². The van der Waals surface area contributed by atoms with Gasteiger partial charge >= 0.3 is 0 Å². The summed E-state index contributed by atoms with van der Waals surface area (Å²) in [6.07, 6.45) is 8.39. The molecule has 0 spiro atoms. The minimum atomic E-state index is 0.342. The molecule has 2 rings (SSSR count). The molecule has 2 heteroatoms. The van der Waals surface area contributed by atoms with Gasteiger partial charge < -0.3 is 10.4 Å². The molecule has 0 bridgehead atoms. The number of unbranched alkanes of at least 4 members (excludes halogenated alkanes) is 3. The van der Waals surface area contributed by atoms with Crippen LogP contribution in [0.2, 0.25) is 0 Å². The zero-order valence-electron chi connectivity index (χ0n) is 10.5. The van der Waals surface area contributed by atoms with Gasteiger partial charge in [0, 0.05) is 18.3 Å². The molecule has 1 aliphatic rings. The first-order valence-corrected chi connectivity index (χ1v) is 6.85. The van der Waals surface area contributed by atoms with Crippen LogP contribution in [0.4, 0.5) is 5.69 Å². The molecule has 0 saturated carbocycles. The van der Waals surface area contributed by atoms with Crippen LogP contribution < -0.4 is 5.32 Å².